The molecule has 98 valence electrons. The molecule has 0 amide bonds. The van der Waals surface area contributed by atoms with Crippen molar-refractivity contribution in [3.63, 3.8) is 0 Å². The maximum absolute atomic E-state index is 4.76. The van der Waals surface area contributed by atoms with Crippen molar-refractivity contribution in [1.29, 1.82) is 0 Å². The zero-order valence-electron chi connectivity index (χ0n) is 11.4. The van der Waals surface area contributed by atoms with E-state index in [2.05, 4.69) is 24.3 Å². The van der Waals surface area contributed by atoms with Crippen LogP contribution in [0.15, 0.2) is 12.3 Å². The number of thiazole rings is 1. The van der Waals surface area contributed by atoms with Crippen LogP contribution in [-0.2, 0) is 20.0 Å². The second-order valence-corrected chi connectivity index (χ2v) is 5.98. The Hall–Kier alpha value is -1.20. The van der Waals surface area contributed by atoms with Gasteiger partial charge in [0, 0.05) is 24.7 Å². The van der Waals surface area contributed by atoms with E-state index in [-0.39, 0.29) is 0 Å². The van der Waals surface area contributed by atoms with Crippen molar-refractivity contribution in [2.45, 2.75) is 26.8 Å². The van der Waals surface area contributed by atoms with Gasteiger partial charge in [-0.3, -0.25) is 4.68 Å². The van der Waals surface area contributed by atoms with E-state index < -0.39 is 0 Å². The van der Waals surface area contributed by atoms with E-state index in [1.54, 1.807) is 11.3 Å². The zero-order chi connectivity index (χ0) is 13.1. The summed E-state index contributed by atoms with van der Waals surface area (Å²) in [7, 11) is 3.90. The number of hydrogen-bond acceptors (Lipinski definition) is 4. The van der Waals surface area contributed by atoms with Crippen LogP contribution in [0.4, 0.5) is 0 Å². The Morgan fingerprint density at radius 3 is 2.78 bits per heavy atom. The Balaban J connectivity index is 2.32. The van der Waals surface area contributed by atoms with Gasteiger partial charge in [-0.05, 0) is 25.5 Å². The molecule has 0 aliphatic carbocycles. The maximum atomic E-state index is 4.76. The highest BCUT2D eigenvalue weighted by molar-refractivity contribution is 7.15. The first-order valence-corrected chi connectivity index (χ1v) is 7.05. The third-order valence-corrected chi connectivity index (χ3v) is 3.77. The average molecular weight is 264 g/mol. The van der Waals surface area contributed by atoms with Gasteiger partial charge in [-0.1, -0.05) is 13.8 Å². The first-order valence-electron chi connectivity index (χ1n) is 6.23. The van der Waals surface area contributed by atoms with Gasteiger partial charge in [0.25, 0.3) is 0 Å². The highest BCUT2D eigenvalue weighted by atomic mass is 32.1. The quantitative estimate of drug-likeness (QED) is 0.902. The van der Waals surface area contributed by atoms with E-state index >= 15 is 0 Å². The summed E-state index contributed by atoms with van der Waals surface area (Å²) in [5, 5.41) is 8.66. The Labute approximate surface area is 112 Å². The van der Waals surface area contributed by atoms with E-state index in [0.29, 0.717) is 5.92 Å². The van der Waals surface area contributed by atoms with Crippen LogP contribution in [-0.4, -0.2) is 21.8 Å². The van der Waals surface area contributed by atoms with Crippen LogP contribution in [0.3, 0.4) is 0 Å². The minimum absolute atomic E-state index is 0.624. The third-order valence-electron chi connectivity index (χ3n) is 2.65. The van der Waals surface area contributed by atoms with Crippen LogP contribution < -0.4 is 5.32 Å². The van der Waals surface area contributed by atoms with Crippen LogP contribution in [0.5, 0.6) is 0 Å². The summed E-state index contributed by atoms with van der Waals surface area (Å²) >= 11 is 1.74. The fraction of sp³-hybridized carbons (Fsp3) is 0.538. The van der Waals surface area contributed by atoms with Crippen LogP contribution in [0.2, 0.25) is 0 Å². The number of aromatic nitrogens is 3. The molecule has 18 heavy (non-hydrogen) atoms. The standard InChI is InChI=1S/C13H20N4S/c1-9(2)7-11-12(8-14-3)18-13(15-11)10-5-6-17(4)16-10/h5-6,9,14H,7-8H2,1-4H3. The van der Waals surface area contributed by atoms with Gasteiger partial charge in [0.15, 0.2) is 0 Å². The zero-order valence-corrected chi connectivity index (χ0v) is 12.2. The van der Waals surface area contributed by atoms with E-state index in [4.69, 9.17) is 4.98 Å². The van der Waals surface area contributed by atoms with E-state index in [1.165, 1.54) is 10.6 Å². The minimum Gasteiger partial charge on any atom is -0.315 e. The van der Waals surface area contributed by atoms with Crippen molar-refractivity contribution < 1.29 is 0 Å². The summed E-state index contributed by atoms with van der Waals surface area (Å²) in [6, 6.07) is 2.02. The predicted octanol–water partition coefficient (Wildman–Crippen LogP) is 2.46. The van der Waals surface area contributed by atoms with Crippen molar-refractivity contribution >= 4 is 11.3 Å². The molecule has 0 atom stereocenters. The van der Waals surface area contributed by atoms with Crippen LogP contribution in [0.25, 0.3) is 10.7 Å². The molecule has 0 radical (unpaired) electrons. The van der Waals surface area contributed by atoms with Gasteiger partial charge >= 0.3 is 0 Å². The molecule has 0 saturated carbocycles. The lowest BCUT2D eigenvalue weighted by Crippen LogP contribution is -2.07. The summed E-state index contributed by atoms with van der Waals surface area (Å²) in [4.78, 5) is 6.08. The monoisotopic (exact) mass is 264 g/mol. The second-order valence-electron chi connectivity index (χ2n) is 4.89. The summed E-state index contributed by atoms with van der Waals surface area (Å²) in [6.07, 6.45) is 2.98. The molecule has 0 aromatic carbocycles. The van der Waals surface area contributed by atoms with Crippen molar-refractivity contribution in [3.05, 3.63) is 22.8 Å². The molecule has 2 heterocycles. The van der Waals surface area contributed by atoms with Crippen LogP contribution in [0.1, 0.15) is 24.4 Å². The largest absolute Gasteiger partial charge is 0.315 e. The highest BCUT2D eigenvalue weighted by Gasteiger charge is 2.14. The molecule has 5 heteroatoms. The van der Waals surface area contributed by atoms with Crippen molar-refractivity contribution in [3.8, 4) is 10.7 Å². The molecule has 0 aliphatic rings. The fourth-order valence-electron chi connectivity index (χ4n) is 1.87. The lowest BCUT2D eigenvalue weighted by molar-refractivity contribution is 0.631. The first-order chi connectivity index (χ1) is 8.60. The lowest BCUT2D eigenvalue weighted by Gasteiger charge is -2.03. The fourth-order valence-corrected chi connectivity index (χ4v) is 2.93. The van der Waals surface area contributed by atoms with E-state index in [1.807, 2.05) is 31.0 Å². The molecule has 0 aliphatic heterocycles. The van der Waals surface area contributed by atoms with Gasteiger partial charge in [0.1, 0.15) is 10.7 Å². The topological polar surface area (TPSA) is 42.7 Å². The summed E-state index contributed by atoms with van der Waals surface area (Å²) in [5.41, 5.74) is 2.18. The molecule has 4 nitrogen and oxygen atoms in total. The summed E-state index contributed by atoms with van der Waals surface area (Å²) in [6.45, 7) is 5.33. The molecular formula is C13H20N4S. The Morgan fingerprint density at radius 2 is 2.22 bits per heavy atom. The lowest BCUT2D eigenvalue weighted by atomic mass is 10.1. The van der Waals surface area contributed by atoms with E-state index in [0.717, 1.165) is 23.7 Å². The van der Waals surface area contributed by atoms with Crippen LogP contribution >= 0.6 is 11.3 Å². The molecule has 0 saturated heterocycles. The molecule has 0 fully saturated rings. The van der Waals surface area contributed by atoms with Gasteiger partial charge in [-0.2, -0.15) is 5.10 Å². The van der Waals surface area contributed by atoms with Crippen molar-refractivity contribution in [1.82, 2.24) is 20.1 Å². The second kappa shape index (κ2) is 5.63. The van der Waals surface area contributed by atoms with Gasteiger partial charge in [0.05, 0.1) is 5.69 Å². The minimum atomic E-state index is 0.624. The smallest absolute Gasteiger partial charge is 0.144 e. The molecule has 2 aromatic heterocycles. The molecule has 0 spiro atoms. The number of nitrogens with zero attached hydrogens (tertiary/aromatic N) is 3. The summed E-state index contributed by atoms with van der Waals surface area (Å²) < 4.78 is 1.82. The SMILES string of the molecule is CNCc1sc(-c2ccn(C)n2)nc1CC(C)C. The van der Waals surface area contributed by atoms with Gasteiger partial charge in [-0.15, -0.1) is 11.3 Å². The Morgan fingerprint density at radius 1 is 1.44 bits per heavy atom. The first kappa shape index (κ1) is 13.2. The average Bonchev–Trinajstić information content (AvgIpc) is 2.86. The van der Waals surface area contributed by atoms with Crippen molar-refractivity contribution in [2.75, 3.05) is 7.05 Å². The number of aryl methyl sites for hydroxylation is 1. The van der Waals surface area contributed by atoms with E-state index in [9.17, 15) is 0 Å². The number of nitrogens with one attached hydrogen (secondary N) is 1. The van der Waals surface area contributed by atoms with Crippen LogP contribution in [0, 0.1) is 5.92 Å². The van der Waals surface area contributed by atoms with Gasteiger partial charge < -0.3 is 5.32 Å². The van der Waals surface area contributed by atoms with Gasteiger partial charge in [0.2, 0.25) is 0 Å². The Bertz CT molecular complexity index is 513. The third kappa shape index (κ3) is 2.97. The number of hydrogen-bond donors (Lipinski definition) is 1. The molecule has 2 aromatic rings. The maximum Gasteiger partial charge on any atom is 0.144 e. The predicted molar refractivity (Wildman–Crippen MR) is 75.6 cm³/mol. The molecule has 0 unspecified atom stereocenters. The molecule has 0 bridgehead atoms. The normalized spacial score (nSPS) is 11.4. The van der Waals surface area contributed by atoms with Crippen molar-refractivity contribution in [2.24, 2.45) is 13.0 Å². The molecule has 2 rings (SSSR count). The summed E-state index contributed by atoms with van der Waals surface area (Å²) in [5.74, 6) is 0.624. The number of rotatable bonds is 5. The molecular weight excluding hydrogens is 244 g/mol. The van der Waals surface area contributed by atoms with Gasteiger partial charge in [-0.25, -0.2) is 4.98 Å². The highest BCUT2D eigenvalue weighted by Crippen LogP contribution is 2.28. The molecule has 1 N–H and O–H groups in total. The Kier molecular flexibility index (Phi) is 4.14.